The minimum atomic E-state index is -1.20. The number of carbonyl (C=O) groups excluding carboxylic acids is 3. The van der Waals surface area contributed by atoms with E-state index in [0.717, 1.165) is 0 Å². The van der Waals surface area contributed by atoms with Crippen molar-refractivity contribution in [2.24, 2.45) is 17.8 Å². The number of halogens is 2. The van der Waals surface area contributed by atoms with E-state index >= 15 is 0 Å². The number of esters is 1. The minimum Gasteiger partial charge on any atom is -0.466 e. The van der Waals surface area contributed by atoms with Crippen molar-refractivity contribution in [2.75, 3.05) is 18.5 Å². The quantitative estimate of drug-likeness (QED) is 0.405. The second-order valence-corrected chi connectivity index (χ2v) is 10.8. The van der Waals surface area contributed by atoms with Gasteiger partial charge in [0.05, 0.1) is 37.2 Å². The molecular formula is C23H28BrClN2O6. The van der Waals surface area contributed by atoms with Gasteiger partial charge in [-0.2, -0.15) is 0 Å². The highest BCUT2D eigenvalue weighted by atomic mass is 79.9. The van der Waals surface area contributed by atoms with Gasteiger partial charge in [0.1, 0.15) is 11.6 Å². The van der Waals surface area contributed by atoms with E-state index in [1.807, 2.05) is 13.8 Å². The molecular weight excluding hydrogens is 516 g/mol. The van der Waals surface area contributed by atoms with Gasteiger partial charge in [-0.25, -0.2) is 0 Å². The van der Waals surface area contributed by atoms with E-state index in [0.29, 0.717) is 17.1 Å². The van der Waals surface area contributed by atoms with Gasteiger partial charge in [-0.05, 0) is 43.5 Å². The Hall–Kier alpha value is -1.68. The summed E-state index contributed by atoms with van der Waals surface area (Å²) >= 11 is 9.56. The van der Waals surface area contributed by atoms with Crippen molar-refractivity contribution in [3.8, 4) is 0 Å². The van der Waals surface area contributed by atoms with Crippen molar-refractivity contribution in [3.05, 3.63) is 29.3 Å². The first kappa shape index (κ1) is 24.4. The van der Waals surface area contributed by atoms with Crippen molar-refractivity contribution in [1.82, 2.24) is 4.90 Å². The van der Waals surface area contributed by atoms with Gasteiger partial charge in [0.25, 0.3) is 0 Å². The van der Waals surface area contributed by atoms with E-state index in [2.05, 4.69) is 21.2 Å². The molecule has 3 unspecified atom stereocenters. The maximum absolute atomic E-state index is 13.8. The molecule has 8 nitrogen and oxygen atoms in total. The van der Waals surface area contributed by atoms with Gasteiger partial charge in [-0.3, -0.25) is 14.4 Å². The lowest BCUT2D eigenvalue weighted by Gasteiger charge is -2.38. The normalized spacial score (nSPS) is 33.4. The summed E-state index contributed by atoms with van der Waals surface area (Å²) in [6.07, 6.45) is -0.187. The Morgan fingerprint density at radius 3 is 2.61 bits per heavy atom. The van der Waals surface area contributed by atoms with Crippen LogP contribution in [0.15, 0.2) is 24.3 Å². The summed E-state index contributed by atoms with van der Waals surface area (Å²) in [5, 5.41) is 13.6. The van der Waals surface area contributed by atoms with Crippen molar-refractivity contribution >= 4 is 51.0 Å². The molecule has 7 atom stereocenters. The maximum atomic E-state index is 13.8. The largest absolute Gasteiger partial charge is 0.466 e. The molecule has 1 spiro atoms. The highest BCUT2D eigenvalue weighted by Crippen LogP contribution is 2.60. The third-order valence-electron chi connectivity index (χ3n) is 6.96. The first-order chi connectivity index (χ1) is 15.7. The summed E-state index contributed by atoms with van der Waals surface area (Å²) in [4.78, 5) is 41.6. The predicted octanol–water partition coefficient (Wildman–Crippen LogP) is 2.61. The molecule has 180 valence electrons. The second kappa shape index (κ2) is 9.17. The number of hydrogen-bond acceptors (Lipinski definition) is 6. The molecule has 3 saturated heterocycles. The number of hydrogen-bond donors (Lipinski definition) is 2. The number of alkyl halides is 1. The van der Waals surface area contributed by atoms with Crippen LogP contribution in [0, 0.1) is 17.8 Å². The number of benzene rings is 1. The van der Waals surface area contributed by atoms with Crippen molar-refractivity contribution in [1.29, 1.82) is 0 Å². The van der Waals surface area contributed by atoms with Crippen LogP contribution in [0.2, 0.25) is 5.02 Å². The number of fused-ring (bicyclic) bond motifs is 1. The minimum absolute atomic E-state index is 0.127. The fourth-order valence-corrected chi connectivity index (χ4v) is 6.66. The molecule has 0 saturated carbocycles. The van der Waals surface area contributed by atoms with Crippen molar-refractivity contribution < 1.29 is 29.0 Å². The van der Waals surface area contributed by atoms with Crippen molar-refractivity contribution in [3.63, 3.8) is 0 Å². The Labute approximate surface area is 206 Å². The van der Waals surface area contributed by atoms with Crippen LogP contribution in [-0.2, 0) is 23.9 Å². The summed E-state index contributed by atoms with van der Waals surface area (Å²) in [6.45, 7) is 5.32. The number of carbonyl (C=O) groups is 3. The molecule has 2 N–H and O–H groups in total. The zero-order chi connectivity index (χ0) is 24.1. The summed E-state index contributed by atoms with van der Waals surface area (Å²) in [5.41, 5.74) is -0.682. The SMILES string of the molecule is CCOC(=O)[C@H]1[C@H]2C(=O)N([C@@H](CO)C(C)C)C(C(=O)Nc3ccc(Cl)cc3)C23CC(Br)[C@@H]1O3. The van der Waals surface area contributed by atoms with Crippen LogP contribution in [0.1, 0.15) is 27.2 Å². The highest BCUT2D eigenvalue weighted by molar-refractivity contribution is 9.09. The van der Waals surface area contributed by atoms with Crippen LogP contribution in [0.25, 0.3) is 0 Å². The summed E-state index contributed by atoms with van der Waals surface area (Å²) < 4.78 is 11.6. The zero-order valence-electron chi connectivity index (χ0n) is 18.7. The molecule has 10 heteroatoms. The summed E-state index contributed by atoms with van der Waals surface area (Å²) in [7, 11) is 0. The molecule has 0 radical (unpaired) electrons. The number of nitrogens with one attached hydrogen (secondary N) is 1. The molecule has 4 rings (SSSR count). The van der Waals surface area contributed by atoms with Gasteiger partial charge in [-0.1, -0.05) is 41.4 Å². The molecule has 3 heterocycles. The van der Waals surface area contributed by atoms with Crippen LogP contribution in [-0.4, -0.2) is 69.6 Å². The van der Waals surface area contributed by atoms with Gasteiger partial charge in [0.2, 0.25) is 11.8 Å². The van der Waals surface area contributed by atoms with Crippen LogP contribution in [0.4, 0.5) is 5.69 Å². The lowest BCUT2D eigenvalue weighted by molar-refractivity contribution is -0.155. The second-order valence-electron chi connectivity index (χ2n) is 9.15. The Kier molecular flexibility index (Phi) is 6.79. The van der Waals surface area contributed by atoms with Crippen molar-refractivity contribution in [2.45, 2.75) is 55.8 Å². The monoisotopic (exact) mass is 542 g/mol. The zero-order valence-corrected chi connectivity index (χ0v) is 21.0. The van der Waals surface area contributed by atoms with E-state index < -0.39 is 47.5 Å². The molecule has 33 heavy (non-hydrogen) atoms. The predicted molar refractivity (Wildman–Crippen MR) is 125 cm³/mol. The van der Waals surface area contributed by atoms with Gasteiger partial charge >= 0.3 is 5.97 Å². The molecule has 3 fully saturated rings. The van der Waals surface area contributed by atoms with E-state index in [1.54, 1.807) is 31.2 Å². The van der Waals surface area contributed by atoms with Crippen LogP contribution in [0.3, 0.4) is 0 Å². The van der Waals surface area contributed by atoms with Gasteiger partial charge in [-0.15, -0.1) is 0 Å². The van der Waals surface area contributed by atoms with E-state index in [4.69, 9.17) is 21.1 Å². The smallest absolute Gasteiger partial charge is 0.312 e. The standard InChI is InChI=1S/C23H28BrClN2O6/c1-4-32-22(31)16-17-21(30)27(15(10-28)11(2)3)19(23(17)9-14(24)18(16)33-23)20(29)26-13-7-5-12(25)6-8-13/h5-8,11,14-19,28H,4,9-10H2,1-3H3,(H,26,29)/t14?,15-,16-,17-,18-,19?,23?/m0/s1. The van der Waals surface area contributed by atoms with Gasteiger partial charge in [0, 0.05) is 15.5 Å². The Bertz CT molecular complexity index is 943. The fraction of sp³-hybridized carbons (Fsp3) is 0.609. The Morgan fingerprint density at radius 1 is 1.36 bits per heavy atom. The van der Waals surface area contributed by atoms with E-state index in [9.17, 15) is 19.5 Å². The molecule has 0 aliphatic carbocycles. The molecule has 2 amide bonds. The lowest BCUT2D eigenvalue weighted by atomic mass is 9.70. The molecule has 3 aliphatic rings. The topological polar surface area (TPSA) is 105 Å². The number of aliphatic hydroxyl groups is 1. The summed E-state index contributed by atoms with van der Waals surface area (Å²) in [5.74, 6) is -3.10. The van der Waals surface area contributed by atoms with E-state index in [1.165, 1.54) is 4.90 Å². The highest BCUT2D eigenvalue weighted by Gasteiger charge is 2.77. The average Bonchev–Trinajstić information content (AvgIpc) is 3.34. The number of ether oxygens (including phenoxy) is 2. The third-order valence-corrected chi connectivity index (χ3v) is 8.06. The molecule has 0 aromatic heterocycles. The number of nitrogens with zero attached hydrogens (tertiary/aromatic N) is 1. The summed E-state index contributed by atoms with van der Waals surface area (Å²) in [6, 6.07) is 5.02. The lowest BCUT2D eigenvalue weighted by Crippen LogP contribution is -2.57. The number of likely N-dealkylation sites (tertiary alicyclic amines) is 1. The number of aliphatic hydroxyl groups excluding tert-OH is 1. The first-order valence-electron chi connectivity index (χ1n) is 11.1. The molecule has 1 aromatic carbocycles. The first-order valence-corrected chi connectivity index (χ1v) is 12.4. The number of anilines is 1. The number of amides is 2. The maximum Gasteiger partial charge on any atom is 0.312 e. The Balaban J connectivity index is 1.77. The number of rotatable bonds is 7. The average molecular weight is 544 g/mol. The Morgan fingerprint density at radius 2 is 2.03 bits per heavy atom. The molecule has 1 aromatic rings. The van der Waals surface area contributed by atoms with Crippen LogP contribution < -0.4 is 5.32 Å². The van der Waals surface area contributed by atoms with Gasteiger partial charge in [0.15, 0.2) is 0 Å². The third kappa shape index (κ3) is 3.87. The molecule has 2 bridgehead atoms. The van der Waals surface area contributed by atoms with Crippen LogP contribution in [0.5, 0.6) is 0 Å². The van der Waals surface area contributed by atoms with E-state index in [-0.39, 0.29) is 29.9 Å². The fourth-order valence-electron chi connectivity index (χ4n) is 5.60. The van der Waals surface area contributed by atoms with Gasteiger partial charge < -0.3 is 24.8 Å². The van der Waals surface area contributed by atoms with Crippen LogP contribution >= 0.6 is 27.5 Å². The molecule has 3 aliphatic heterocycles.